The number of hydrogen-bond donors (Lipinski definition) is 0. The standard InChI is InChI=1S/C4H3F4/c5-3(6)1-2-4(3,7)8/h1H,2H2/q+1. The van der Waals surface area contributed by atoms with E-state index in [9.17, 15) is 17.6 Å². The van der Waals surface area contributed by atoms with E-state index in [0.29, 0.717) is 6.42 Å². The number of rotatable bonds is 0. The van der Waals surface area contributed by atoms with Gasteiger partial charge in [-0.25, -0.2) is 0 Å². The first-order valence-corrected chi connectivity index (χ1v) is 2.06. The van der Waals surface area contributed by atoms with Gasteiger partial charge in [0.2, 0.25) is 0 Å². The lowest BCUT2D eigenvalue weighted by molar-refractivity contribution is -0.236. The van der Waals surface area contributed by atoms with E-state index in [0.717, 1.165) is 0 Å². The Morgan fingerprint density at radius 3 is 1.50 bits per heavy atom. The Labute approximate surface area is 43.5 Å². The molecule has 1 aliphatic carbocycles. The molecule has 0 N–H and O–H groups in total. The monoisotopic (exact) mass is 127 g/mol. The minimum Gasteiger partial charge on any atom is -0.189 e. The van der Waals surface area contributed by atoms with Gasteiger partial charge in [0, 0.05) is 0 Å². The molecule has 8 heavy (non-hydrogen) atoms. The molecule has 0 aliphatic heterocycles. The maximum absolute atomic E-state index is 11.5. The van der Waals surface area contributed by atoms with Crippen molar-refractivity contribution in [3.8, 4) is 0 Å². The summed E-state index contributed by atoms with van der Waals surface area (Å²) < 4.78 is 46.1. The average molecular weight is 127 g/mol. The van der Waals surface area contributed by atoms with Crippen molar-refractivity contribution in [2.24, 2.45) is 0 Å². The molecule has 46 valence electrons. The lowest BCUT2D eigenvalue weighted by Crippen LogP contribution is -2.50. The number of alkyl halides is 4. The highest BCUT2D eigenvalue weighted by Gasteiger charge is 2.75. The quantitative estimate of drug-likeness (QED) is 0.344. The summed E-state index contributed by atoms with van der Waals surface area (Å²) in [5.41, 5.74) is 0. The Hall–Kier alpha value is -0.410. The smallest absolute Gasteiger partial charge is 0.189 e. The predicted molar refractivity (Wildman–Crippen MR) is 18.8 cm³/mol. The molecule has 0 aromatic rings. The van der Waals surface area contributed by atoms with Crippen LogP contribution < -0.4 is 0 Å². The van der Waals surface area contributed by atoms with Gasteiger partial charge in [0.25, 0.3) is 0 Å². The molecular formula is C4H3F4+. The molecular weight excluding hydrogens is 124 g/mol. The SMILES string of the molecule is FC1(F)[CH+]CC1(F)F. The third kappa shape index (κ3) is 0.485. The third-order valence-electron chi connectivity index (χ3n) is 1.10. The van der Waals surface area contributed by atoms with Crippen molar-refractivity contribution in [3.63, 3.8) is 0 Å². The van der Waals surface area contributed by atoms with E-state index in [1.807, 2.05) is 0 Å². The maximum Gasteiger partial charge on any atom is 0.454 e. The molecule has 0 unspecified atom stereocenters. The minimum atomic E-state index is -3.84. The Bertz CT molecular complexity index is 92.6. The van der Waals surface area contributed by atoms with Gasteiger partial charge >= 0.3 is 11.8 Å². The van der Waals surface area contributed by atoms with Gasteiger partial charge < -0.3 is 0 Å². The second-order valence-electron chi connectivity index (χ2n) is 1.74. The summed E-state index contributed by atoms with van der Waals surface area (Å²) in [6.07, 6.45) is -0.479. The highest BCUT2D eigenvalue weighted by molar-refractivity contribution is 5.09. The van der Waals surface area contributed by atoms with Crippen molar-refractivity contribution in [3.05, 3.63) is 6.42 Å². The molecule has 0 nitrogen and oxygen atoms in total. The van der Waals surface area contributed by atoms with Crippen LogP contribution in [0.5, 0.6) is 0 Å². The zero-order valence-corrected chi connectivity index (χ0v) is 3.80. The second kappa shape index (κ2) is 1.11. The molecule has 0 atom stereocenters. The van der Waals surface area contributed by atoms with Crippen LogP contribution in [0.1, 0.15) is 6.42 Å². The van der Waals surface area contributed by atoms with Gasteiger partial charge in [-0.15, -0.1) is 0 Å². The maximum atomic E-state index is 11.5. The van der Waals surface area contributed by atoms with Gasteiger partial charge in [0.05, 0.1) is 0 Å². The molecule has 0 spiro atoms. The topological polar surface area (TPSA) is 0 Å². The Morgan fingerprint density at radius 1 is 1.12 bits per heavy atom. The van der Waals surface area contributed by atoms with Gasteiger partial charge in [-0.3, -0.25) is 0 Å². The van der Waals surface area contributed by atoms with Crippen LogP contribution in [-0.4, -0.2) is 11.8 Å². The van der Waals surface area contributed by atoms with Gasteiger partial charge in [-0.1, -0.05) is 0 Å². The lowest BCUT2D eigenvalue weighted by atomic mass is 9.90. The van der Waals surface area contributed by atoms with E-state index >= 15 is 0 Å². The van der Waals surface area contributed by atoms with Crippen LogP contribution >= 0.6 is 0 Å². The fourth-order valence-electron chi connectivity index (χ4n) is 0.411. The van der Waals surface area contributed by atoms with Gasteiger partial charge in [0.1, 0.15) is 0 Å². The summed E-state index contributed by atoms with van der Waals surface area (Å²) in [7, 11) is 0. The molecule has 1 rings (SSSR count). The number of halogens is 4. The Morgan fingerprint density at radius 2 is 1.50 bits per heavy atom. The van der Waals surface area contributed by atoms with Gasteiger partial charge in [0.15, 0.2) is 12.8 Å². The van der Waals surface area contributed by atoms with E-state index in [-0.39, 0.29) is 0 Å². The van der Waals surface area contributed by atoms with Crippen LogP contribution in [0.15, 0.2) is 0 Å². The van der Waals surface area contributed by atoms with Crippen LogP contribution in [-0.2, 0) is 0 Å². The predicted octanol–water partition coefficient (Wildman–Crippen LogP) is 1.86. The van der Waals surface area contributed by atoms with Crippen molar-refractivity contribution in [1.82, 2.24) is 0 Å². The van der Waals surface area contributed by atoms with Crippen molar-refractivity contribution >= 4 is 0 Å². The van der Waals surface area contributed by atoms with Crippen molar-refractivity contribution in [1.29, 1.82) is 0 Å². The van der Waals surface area contributed by atoms with Crippen LogP contribution in [0.2, 0.25) is 0 Å². The normalized spacial score (nSPS) is 30.5. The molecule has 0 aromatic carbocycles. The van der Waals surface area contributed by atoms with Crippen LogP contribution in [0, 0.1) is 6.42 Å². The summed E-state index contributed by atoms with van der Waals surface area (Å²) in [5.74, 6) is -7.61. The molecule has 1 saturated carbocycles. The fraction of sp³-hybridized carbons (Fsp3) is 0.750. The van der Waals surface area contributed by atoms with E-state index in [2.05, 4.69) is 0 Å². The van der Waals surface area contributed by atoms with Crippen LogP contribution in [0.3, 0.4) is 0 Å². The first-order chi connectivity index (χ1) is 3.46. The van der Waals surface area contributed by atoms with Gasteiger partial charge in [-0.05, 0) is 0 Å². The fourth-order valence-corrected chi connectivity index (χ4v) is 0.411. The number of hydrogen-bond acceptors (Lipinski definition) is 0. The molecule has 0 radical (unpaired) electrons. The van der Waals surface area contributed by atoms with Gasteiger partial charge in [-0.2, -0.15) is 17.6 Å². The first-order valence-electron chi connectivity index (χ1n) is 2.06. The molecule has 1 fully saturated rings. The molecule has 0 amide bonds. The van der Waals surface area contributed by atoms with E-state index in [4.69, 9.17) is 0 Å². The lowest BCUT2D eigenvalue weighted by Gasteiger charge is -2.25. The highest BCUT2D eigenvalue weighted by atomic mass is 19.3. The Balaban J connectivity index is 2.63. The zero-order chi connectivity index (χ0) is 6.41. The summed E-state index contributed by atoms with van der Waals surface area (Å²) in [4.78, 5) is 0. The molecule has 0 heterocycles. The van der Waals surface area contributed by atoms with Crippen molar-refractivity contribution in [2.75, 3.05) is 0 Å². The highest BCUT2D eigenvalue weighted by Crippen LogP contribution is 2.49. The molecule has 0 saturated heterocycles. The van der Waals surface area contributed by atoms with E-state index in [1.54, 1.807) is 0 Å². The average Bonchev–Trinajstić information content (AvgIpc) is 1.64. The summed E-state index contributed by atoms with van der Waals surface area (Å²) in [6, 6.07) is 0. The zero-order valence-electron chi connectivity index (χ0n) is 3.80. The molecule has 1 aliphatic rings. The van der Waals surface area contributed by atoms with Crippen LogP contribution in [0.25, 0.3) is 0 Å². The summed E-state index contributed by atoms with van der Waals surface area (Å²) in [5, 5.41) is 0. The molecule has 4 heteroatoms. The first kappa shape index (κ1) is 5.72. The largest absolute Gasteiger partial charge is 0.454 e. The summed E-state index contributed by atoms with van der Waals surface area (Å²) in [6.45, 7) is 0. The van der Waals surface area contributed by atoms with Crippen LogP contribution in [0.4, 0.5) is 17.6 Å². The summed E-state index contributed by atoms with van der Waals surface area (Å²) >= 11 is 0. The Kier molecular flexibility index (Phi) is 0.797. The van der Waals surface area contributed by atoms with E-state index < -0.39 is 18.3 Å². The third-order valence-corrected chi connectivity index (χ3v) is 1.10. The van der Waals surface area contributed by atoms with Crippen molar-refractivity contribution < 1.29 is 17.6 Å². The minimum absolute atomic E-state index is 0.312. The second-order valence-corrected chi connectivity index (χ2v) is 1.74. The van der Waals surface area contributed by atoms with E-state index in [1.165, 1.54) is 0 Å². The molecule has 0 aromatic heterocycles. The van der Waals surface area contributed by atoms with Crippen molar-refractivity contribution in [2.45, 2.75) is 18.3 Å². The molecule has 0 bridgehead atoms.